The summed E-state index contributed by atoms with van der Waals surface area (Å²) in [6, 6.07) is 19.7. The van der Waals surface area contributed by atoms with Crippen molar-refractivity contribution in [3.63, 3.8) is 0 Å². The summed E-state index contributed by atoms with van der Waals surface area (Å²) in [5.41, 5.74) is 1.34. The first kappa shape index (κ1) is 29.0. The van der Waals surface area contributed by atoms with Gasteiger partial charge in [-0.15, -0.1) is 0 Å². The fraction of sp³-hybridized carbons (Fsp3) is 0.269. The monoisotopic (exact) mass is 636 g/mol. The molecule has 1 saturated heterocycles. The number of halogens is 1. The summed E-state index contributed by atoms with van der Waals surface area (Å²) in [6.07, 6.45) is -0.0910. The Morgan fingerprint density at radius 1 is 0.872 bits per heavy atom. The molecule has 0 aromatic heterocycles. The summed E-state index contributed by atoms with van der Waals surface area (Å²) in [5, 5.41) is 2.66. The Morgan fingerprint density at radius 2 is 1.49 bits per heavy atom. The van der Waals surface area contributed by atoms with E-state index in [0.717, 1.165) is 15.9 Å². The number of carbonyl (C=O) groups is 1. The Bertz CT molecular complexity index is 1510. The second-order valence-corrected chi connectivity index (χ2v) is 13.4. The molecule has 4 rings (SSSR count). The SMILES string of the molecule is COc1ccccc1N1CCN(S(=O)(=O)c2ccc(NC(=O)CCNS(=O)(=O)c3ccc(Br)cc3)cc2)CC1. The maximum Gasteiger partial charge on any atom is 0.243 e. The number of ether oxygens (including phenoxy) is 1. The van der Waals surface area contributed by atoms with E-state index in [0.29, 0.717) is 31.9 Å². The molecule has 1 amide bonds. The Morgan fingerprint density at radius 3 is 2.13 bits per heavy atom. The van der Waals surface area contributed by atoms with E-state index in [1.54, 1.807) is 19.2 Å². The van der Waals surface area contributed by atoms with Crippen molar-refractivity contribution in [3.05, 3.63) is 77.3 Å². The summed E-state index contributed by atoms with van der Waals surface area (Å²) < 4.78 is 61.1. The average molecular weight is 638 g/mol. The van der Waals surface area contributed by atoms with Gasteiger partial charge >= 0.3 is 0 Å². The molecule has 0 radical (unpaired) electrons. The molecule has 0 spiro atoms. The standard InChI is InChI=1S/C26H29BrN4O6S2/c1-37-25-5-3-2-4-24(25)30-16-18-31(19-17-30)39(35,36)23-12-8-21(9-13-23)29-26(32)14-15-28-38(33,34)22-10-6-20(27)7-11-22/h2-13,28H,14-19H2,1H3,(H,29,32). The predicted molar refractivity (Wildman–Crippen MR) is 153 cm³/mol. The van der Waals surface area contributed by atoms with E-state index in [2.05, 4.69) is 30.9 Å². The van der Waals surface area contributed by atoms with Gasteiger partial charge in [-0.25, -0.2) is 21.6 Å². The number of amides is 1. The predicted octanol–water partition coefficient (Wildman–Crippen LogP) is 3.28. The first-order chi connectivity index (χ1) is 18.6. The summed E-state index contributed by atoms with van der Waals surface area (Å²) in [6.45, 7) is 1.63. The van der Waals surface area contributed by atoms with Gasteiger partial charge in [-0.05, 0) is 60.7 Å². The van der Waals surface area contributed by atoms with Crippen molar-refractivity contribution in [2.45, 2.75) is 16.2 Å². The minimum absolute atomic E-state index is 0.0858. The van der Waals surface area contributed by atoms with Crippen LogP contribution in [0.1, 0.15) is 6.42 Å². The van der Waals surface area contributed by atoms with E-state index in [1.165, 1.54) is 40.7 Å². The highest BCUT2D eigenvalue weighted by Gasteiger charge is 2.29. The lowest BCUT2D eigenvalue weighted by Gasteiger charge is -2.35. The number of piperazine rings is 1. The first-order valence-corrected chi connectivity index (χ1v) is 15.8. The number of sulfonamides is 2. The summed E-state index contributed by atoms with van der Waals surface area (Å²) in [7, 11) is -5.83. The molecule has 0 atom stereocenters. The summed E-state index contributed by atoms with van der Waals surface area (Å²) in [4.78, 5) is 14.6. The maximum absolute atomic E-state index is 13.2. The molecule has 0 saturated carbocycles. The third kappa shape index (κ3) is 7.17. The summed E-state index contributed by atoms with van der Waals surface area (Å²) in [5.74, 6) is 0.338. The largest absolute Gasteiger partial charge is 0.495 e. The zero-order valence-electron chi connectivity index (χ0n) is 21.2. The van der Waals surface area contributed by atoms with Gasteiger partial charge < -0.3 is 15.0 Å². The van der Waals surface area contributed by atoms with E-state index in [9.17, 15) is 21.6 Å². The topological polar surface area (TPSA) is 125 Å². The van der Waals surface area contributed by atoms with Gasteiger partial charge in [-0.2, -0.15) is 4.31 Å². The smallest absolute Gasteiger partial charge is 0.243 e. The Labute approximate surface area is 237 Å². The number of rotatable bonds is 10. The van der Waals surface area contributed by atoms with Gasteiger partial charge in [-0.1, -0.05) is 28.1 Å². The highest BCUT2D eigenvalue weighted by Crippen LogP contribution is 2.29. The third-order valence-electron chi connectivity index (χ3n) is 6.21. The van der Waals surface area contributed by atoms with Crippen LogP contribution < -0.4 is 19.7 Å². The quantitative estimate of drug-likeness (QED) is 0.350. The Kier molecular flexibility index (Phi) is 9.28. The van der Waals surface area contributed by atoms with E-state index < -0.39 is 26.0 Å². The lowest BCUT2D eigenvalue weighted by molar-refractivity contribution is -0.116. The van der Waals surface area contributed by atoms with E-state index >= 15 is 0 Å². The third-order valence-corrected chi connectivity index (χ3v) is 10.1. The molecular formula is C26H29BrN4O6S2. The molecule has 1 fully saturated rings. The first-order valence-electron chi connectivity index (χ1n) is 12.1. The van der Waals surface area contributed by atoms with Crippen LogP contribution in [0.25, 0.3) is 0 Å². The number of carbonyl (C=O) groups excluding carboxylic acids is 1. The van der Waals surface area contributed by atoms with Crippen LogP contribution in [0.3, 0.4) is 0 Å². The highest BCUT2D eigenvalue weighted by molar-refractivity contribution is 9.10. The van der Waals surface area contributed by atoms with Crippen molar-refractivity contribution in [1.29, 1.82) is 0 Å². The maximum atomic E-state index is 13.2. The van der Waals surface area contributed by atoms with Crippen LogP contribution in [0, 0.1) is 0 Å². The molecule has 2 N–H and O–H groups in total. The van der Waals surface area contributed by atoms with Crippen LogP contribution in [-0.4, -0.2) is 66.9 Å². The van der Waals surface area contributed by atoms with Gasteiger partial charge in [0.1, 0.15) is 5.75 Å². The lowest BCUT2D eigenvalue weighted by atomic mass is 10.2. The number of para-hydroxylation sites is 2. The molecule has 1 aliphatic heterocycles. The number of benzene rings is 3. The Hall–Kier alpha value is -2.97. The molecule has 13 heteroatoms. The van der Waals surface area contributed by atoms with Gasteiger partial charge in [0.05, 0.1) is 22.6 Å². The molecule has 0 aliphatic carbocycles. The lowest BCUT2D eigenvalue weighted by Crippen LogP contribution is -2.48. The number of nitrogens with zero attached hydrogens (tertiary/aromatic N) is 2. The minimum Gasteiger partial charge on any atom is -0.495 e. The van der Waals surface area contributed by atoms with Crippen LogP contribution in [0.4, 0.5) is 11.4 Å². The second-order valence-electron chi connectivity index (χ2n) is 8.74. The number of hydrogen-bond donors (Lipinski definition) is 2. The molecule has 0 unspecified atom stereocenters. The summed E-state index contributed by atoms with van der Waals surface area (Å²) >= 11 is 3.26. The van der Waals surface area contributed by atoms with Gasteiger partial charge in [0.15, 0.2) is 0 Å². The van der Waals surface area contributed by atoms with Crippen LogP contribution >= 0.6 is 15.9 Å². The van der Waals surface area contributed by atoms with E-state index in [4.69, 9.17) is 4.74 Å². The van der Waals surface area contributed by atoms with Crippen LogP contribution in [0.15, 0.2) is 87.1 Å². The van der Waals surface area contributed by atoms with Crippen molar-refractivity contribution in [2.75, 3.05) is 50.1 Å². The number of hydrogen-bond acceptors (Lipinski definition) is 7. The molecule has 10 nitrogen and oxygen atoms in total. The fourth-order valence-corrected chi connectivity index (χ4v) is 6.86. The molecule has 3 aromatic rings. The van der Waals surface area contributed by atoms with Crippen LogP contribution in [0.5, 0.6) is 5.75 Å². The molecule has 1 aliphatic rings. The van der Waals surface area contributed by atoms with Crippen LogP contribution in [-0.2, 0) is 24.8 Å². The molecule has 3 aromatic carbocycles. The van der Waals surface area contributed by atoms with Crippen molar-refractivity contribution in [3.8, 4) is 5.75 Å². The minimum atomic E-state index is -3.73. The van der Waals surface area contributed by atoms with Gasteiger partial charge in [0.25, 0.3) is 0 Å². The molecule has 0 bridgehead atoms. The number of anilines is 2. The van der Waals surface area contributed by atoms with Gasteiger partial charge in [-0.3, -0.25) is 4.79 Å². The number of methoxy groups -OCH3 is 1. The van der Waals surface area contributed by atoms with E-state index in [-0.39, 0.29) is 22.8 Å². The van der Waals surface area contributed by atoms with Gasteiger partial charge in [0.2, 0.25) is 26.0 Å². The normalized spacial score (nSPS) is 14.7. The average Bonchev–Trinajstić information content (AvgIpc) is 2.93. The van der Waals surface area contributed by atoms with Crippen molar-refractivity contribution < 1.29 is 26.4 Å². The second kappa shape index (κ2) is 12.5. The Balaban J connectivity index is 1.29. The zero-order valence-corrected chi connectivity index (χ0v) is 24.4. The molecule has 208 valence electrons. The van der Waals surface area contributed by atoms with Crippen molar-refractivity contribution in [2.24, 2.45) is 0 Å². The number of nitrogens with one attached hydrogen (secondary N) is 2. The van der Waals surface area contributed by atoms with Crippen molar-refractivity contribution >= 4 is 53.3 Å². The molecule has 1 heterocycles. The van der Waals surface area contributed by atoms with Crippen LogP contribution in [0.2, 0.25) is 0 Å². The van der Waals surface area contributed by atoms with Gasteiger partial charge in [0, 0.05) is 49.3 Å². The molecule has 39 heavy (non-hydrogen) atoms. The highest BCUT2D eigenvalue weighted by atomic mass is 79.9. The zero-order chi connectivity index (χ0) is 28.0. The van der Waals surface area contributed by atoms with E-state index in [1.807, 2.05) is 24.3 Å². The fourth-order valence-electron chi connectivity index (χ4n) is 4.14. The molecular weight excluding hydrogens is 608 g/mol. The van der Waals surface area contributed by atoms with Crippen molar-refractivity contribution in [1.82, 2.24) is 9.03 Å².